The van der Waals surface area contributed by atoms with Crippen molar-refractivity contribution < 1.29 is 23.2 Å². The molecule has 6 nitrogen and oxygen atoms in total. The number of fused-ring (bicyclic) bond motifs is 1. The molecule has 0 spiro atoms. The molecule has 2 aliphatic heterocycles. The van der Waals surface area contributed by atoms with Crippen LogP contribution in [0, 0.1) is 0 Å². The molecule has 3 heterocycles. The number of para-hydroxylation sites is 1. The number of phenols is 1. The number of aromatic nitrogens is 1. The van der Waals surface area contributed by atoms with E-state index in [2.05, 4.69) is 4.98 Å². The van der Waals surface area contributed by atoms with Crippen LogP contribution in [0.3, 0.4) is 0 Å². The van der Waals surface area contributed by atoms with Crippen molar-refractivity contribution in [1.29, 1.82) is 0 Å². The molecule has 0 amide bonds. The van der Waals surface area contributed by atoms with Crippen LogP contribution >= 0.6 is 0 Å². The molecule has 2 atom stereocenters. The smallest absolute Gasteiger partial charge is 0.456 e. The fourth-order valence-electron chi connectivity index (χ4n) is 4.71. The van der Waals surface area contributed by atoms with Crippen LogP contribution in [0.5, 0.6) is 5.75 Å². The monoisotopic (exact) mass is 453 g/mol. The van der Waals surface area contributed by atoms with E-state index in [0.717, 1.165) is 35.3 Å². The zero-order valence-electron chi connectivity index (χ0n) is 18.1. The van der Waals surface area contributed by atoms with E-state index in [-0.39, 0.29) is 17.8 Å². The second kappa shape index (κ2) is 9.61. The van der Waals surface area contributed by atoms with Gasteiger partial charge in [-0.05, 0) is 54.7 Å². The van der Waals surface area contributed by atoms with Crippen LogP contribution in [0.2, 0.25) is 6.32 Å². The molecule has 2 aliphatic rings. The molecule has 0 bridgehead atoms. The summed E-state index contributed by atoms with van der Waals surface area (Å²) in [7, 11) is -4.40. The van der Waals surface area contributed by atoms with Crippen molar-refractivity contribution in [2.75, 3.05) is 5.75 Å². The topological polar surface area (TPSA) is 96.7 Å². The van der Waals surface area contributed by atoms with Crippen molar-refractivity contribution in [3.05, 3.63) is 71.1 Å². The maximum atomic E-state index is 12.8. The molecule has 1 fully saturated rings. The van der Waals surface area contributed by atoms with Gasteiger partial charge in [0.15, 0.2) is 9.84 Å². The van der Waals surface area contributed by atoms with E-state index >= 15 is 0 Å². The number of phenolic OH excluding ortho intramolecular Hbond substituents is 1. The van der Waals surface area contributed by atoms with Crippen LogP contribution < -0.4 is 0 Å². The molecule has 0 unspecified atom stereocenters. The number of hydrogen-bond donors (Lipinski definition) is 2. The van der Waals surface area contributed by atoms with Gasteiger partial charge in [-0.2, -0.15) is 0 Å². The number of aromatic hydroxyl groups is 1. The predicted molar refractivity (Wildman–Crippen MR) is 127 cm³/mol. The number of hydrogen-bond acceptors (Lipinski definition) is 6. The molecular weight excluding hydrogens is 425 g/mol. The van der Waals surface area contributed by atoms with Crippen molar-refractivity contribution in [1.82, 2.24) is 4.98 Å². The number of allylic oxidation sites excluding steroid dienone is 1. The third-order valence-electron chi connectivity index (χ3n) is 6.14. The van der Waals surface area contributed by atoms with Gasteiger partial charge in [-0.1, -0.05) is 43.2 Å². The van der Waals surface area contributed by atoms with Crippen LogP contribution in [0.4, 0.5) is 0 Å². The molecule has 2 N–H and O–H groups in total. The largest absolute Gasteiger partial charge is 0.507 e. The Morgan fingerprint density at radius 2 is 2.03 bits per heavy atom. The molecule has 0 radical (unpaired) electrons. The summed E-state index contributed by atoms with van der Waals surface area (Å²) in [5.41, 5.74) is 4.17. The Bertz CT molecular complexity index is 1130. The van der Waals surface area contributed by atoms with Crippen molar-refractivity contribution in [3.63, 3.8) is 0 Å². The number of pyridine rings is 1. The Balaban J connectivity index is 1.65. The van der Waals surface area contributed by atoms with Gasteiger partial charge < -0.3 is 14.8 Å². The Morgan fingerprint density at radius 3 is 2.75 bits per heavy atom. The standard InChI is InChI=1S/C24H28BNO5S/c1-2-7-19-16-32(29,30)23-15-25(28)31-22(24(19)23)12-11-17(20-9-5-6-13-26-20)14-18-8-3-4-10-21(18)27/h3-6,8-10,13-14,22-23,27-28H,2,7,11-12,15-16H2,1H3/b17-14-/t22-,23+/m1/s1. The minimum absolute atomic E-state index is 0.0637. The fraction of sp³-hybridized carbons (Fsp3) is 0.375. The fourth-order valence-corrected chi connectivity index (χ4v) is 6.87. The lowest BCUT2D eigenvalue weighted by Gasteiger charge is -2.32. The van der Waals surface area contributed by atoms with E-state index in [0.29, 0.717) is 18.4 Å². The summed E-state index contributed by atoms with van der Waals surface area (Å²) < 4.78 is 31.4. The summed E-state index contributed by atoms with van der Waals surface area (Å²) in [4.78, 5) is 4.47. The zero-order chi connectivity index (χ0) is 22.7. The highest BCUT2D eigenvalue weighted by Crippen LogP contribution is 2.41. The molecule has 0 aliphatic carbocycles. The average molecular weight is 453 g/mol. The minimum Gasteiger partial charge on any atom is -0.507 e. The number of sulfone groups is 1. The maximum Gasteiger partial charge on any atom is 0.456 e. The SMILES string of the molecule is CCCC1=C2[C@@H](CC/C(=C/c3ccccc3O)c3ccccn3)OB(O)C[C@@H]2S(=O)(=O)C1. The van der Waals surface area contributed by atoms with Crippen LogP contribution in [0.1, 0.15) is 43.9 Å². The normalized spacial score (nSPS) is 22.8. The van der Waals surface area contributed by atoms with Gasteiger partial charge in [0.1, 0.15) is 5.75 Å². The number of rotatable bonds is 7. The van der Waals surface area contributed by atoms with Gasteiger partial charge in [-0.25, -0.2) is 8.42 Å². The zero-order valence-corrected chi connectivity index (χ0v) is 19.0. The molecule has 4 rings (SSSR count). The quantitative estimate of drug-likeness (QED) is 0.488. The van der Waals surface area contributed by atoms with Gasteiger partial charge in [0.25, 0.3) is 0 Å². The highest BCUT2D eigenvalue weighted by molar-refractivity contribution is 7.92. The first kappa shape index (κ1) is 22.8. The molecule has 1 aromatic heterocycles. The van der Waals surface area contributed by atoms with Crippen molar-refractivity contribution >= 4 is 28.6 Å². The van der Waals surface area contributed by atoms with E-state index < -0.39 is 28.3 Å². The molecular formula is C24H28BNO5S. The molecule has 0 saturated carbocycles. The Labute approximate surface area is 189 Å². The lowest BCUT2D eigenvalue weighted by molar-refractivity contribution is 0.171. The van der Waals surface area contributed by atoms with E-state index in [9.17, 15) is 18.5 Å². The minimum atomic E-state index is -3.30. The predicted octanol–water partition coefficient (Wildman–Crippen LogP) is 3.88. The Kier molecular flexibility index (Phi) is 6.83. The lowest BCUT2D eigenvalue weighted by atomic mass is 9.74. The van der Waals surface area contributed by atoms with E-state index in [1.165, 1.54) is 0 Å². The number of benzene rings is 1. The Morgan fingerprint density at radius 1 is 1.25 bits per heavy atom. The molecule has 32 heavy (non-hydrogen) atoms. The van der Waals surface area contributed by atoms with E-state index in [4.69, 9.17) is 4.65 Å². The molecule has 2 aromatic rings. The molecule has 8 heteroatoms. The van der Waals surface area contributed by atoms with Gasteiger partial charge in [-0.3, -0.25) is 4.98 Å². The van der Waals surface area contributed by atoms with E-state index in [1.807, 2.05) is 43.3 Å². The van der Waals surface area contributed by atoms with Crippen LogP contribution in [0.15, 0.2) is 59.8 Å². The highest BCUT2D eigenvalue weighted by atomic mass is 32.2. The second-order valence-electron chi connectivity index (χ2n) is 8.40. The molecule has 1 aromatic carbocycles. The van der Waals surface area contributed by atoms with Gasteiger partial charge in [-0.15, -0.1) is 0 Å². The summed E-state index contributed by atoms with van der Waals surface area (Å²) in [5, 5.41) is 19.8. The summed E-state index contributed by atoms with van der Waals surface area (Å²) in [6.45, 7) is 2.04. The first-order valence-electron chi connectivity index (χ1n) is 11.1. The lowest BCUT2D eigenvalue weighted by Crippen LogP contribution is -2.41. The average Bonchev–Trinajstić information content (AvgIpc) is 3.02. The van der Waals surface area contributed by atoms with Crippen molar-refractivity contribution in [2.45, 2.75) is 50.3 Å². The van der Waals surface area contributed by atoms with Crippen molar-refractivity contribution in [3.8, 4) is 5.75 Å². The van der Waals surface area contributed by atoms with Gasteiger partial charge in [0, 0.05) is 18.1 Å². The summed E-state index contributed by atoms with van der Waals surface area (Å²) >= 11 is 0. The van der Waals surface area contributed by atoms with Gasteiger partial charge >= 0.3 is 7.12 Å². The Hall–Kier alpha value is -2.42. The first-order chi connectivity index (χ1) is 15.4. The second-order valence-corrected chi connectivity index (χ2v) is 10.6. The molecule has 168 valence electrons. The van der Waals surface area contributed by atoms with Crippen LogP contribution in [0.25, 0.3) is 11.6 Å². The van der Waals surface area contributed by atoms with E-state index in [1.54, 1.807) is 18.3 Å². The first-order valence-corrected chi connectivity index (χ1v) is 12.8. The van der Waals surface area contributed by atoms with Crippen molar-refractivity contribution in [2.24, 2.45) is 0 Å². The summed E-state index contributed by atoms with van der Waals surface area (Å²) in [6, 6.07) is 12.8. The number of nitrogens with zero attached hydrogens (tertiary/aromatic N) is 1. The third kappa shape index (κ3) is 4.82. The maximum absolute atomic E-state index is 12.8. The van der Waals surface area contributed by atoms with Crippen LogP contribution in [-0.4, -0.2) is 47.8 Å². The van der Waals surface area contributed by atoms with Crippen LogP contribution in [-0.2, 0) is 14.5 Å². The van der Waals surface area contributed by atoms with Gasteiger partial charge in [0.2, 0.25) is 0 Å². The summed E-state index contributed by atoms with van der Waals surface area (Å²) in [5.74, 6) is 0.244. The molecule has 1 saturated heterocycles. The summed E-state index contributed by atoms with van der Waals surface area (Å²) in [6.07, 6.45) is 5.92. The third-order valence-corrected chi connectivity index (χ3v) is 8.20. The highest BCUT2D eigenvalue weighted by Gasteiger charge is 2.48. The van der Waals surface area contributed by atoms with Gasteiger partial charge in [0.05, 0.1) is 22.8 Å².